The number of nitro groups is 1. The molecule has 0 spiro atoms. The van der Waals surface area contributed by atoms with Gasteiger partial charge in [-0.05, 0) is 25.1 Å². The molecule has 1 aromatic heterocycles. The Labute approximate surface area is 110 Å². The highest BCUT2D eigenvalue weighted by atomic mass is 16.6. The van der Waals surface area contributed by atoms with Gasteiger partial charge in [0.05, 0.1) is 16.8 Å². The molecule has 0 fully saturated rings. The first-order chi connectivity index (χ1) is 9.18. The molecule has 0 saturated carbocycles. The fourth-order valence-corrected chi connectivity index (χ4v) is 1.58. The molecule has 19 heavy (non-hydrogen) atoms. The molecule has 0 aliphatic rings. The Morgan fingerprint density at radius 2 is 2.05 bits per heavy atom. The topological polar surface area (TPSA) is 80.4 Å². The number of para-hydroxylation sites is 1. The van der Waals surface area contributed by atoms with Gasteiger partial charge in [-0.2, -0.15) is 5.10 Å². The average molecular weight is 256 g/mol. The molecule has 0 amide bonds. The maximum atomic E-state index is 11.0. The highest BCUT2D eigenvalue weighted by Gasteiger charge is 2.16. The first-order valence-corrected chi connectivity index (χ1v) is 5.62. The summed E-state index contributed by atoms with van der Waals surface area (Å²) in [5, 5.41) is 14.9. The number of hydrazone groups is 1. The third kappa shape index (κ3) is 3.12. The van der Waals surface area contributed by atoms with Gasteiger partial charge in [0, 0.05) is 11.8 Å². The second-order valence-corrected chi connectivity index (χ2v) is 3.85. The molecule has 1 N–H and O–H groups in total. The zero-order valence-electron chi connectivity index (χ0n) is 10.3. The standard InChI is InChI=1S/C13H12N4O2/c1-10-7-8-14-12(13(10)17(18)19)9-15-16-11-5-3-2-4-6-11/h2-9,16H,1H3. The summed E-state index contributed by atoms with van der Waals surface area (Å²) in [6.07, 6.45) is 2.87. The lowest BCUT2D eigenvalue weighted by molar-refractivity contribution is -0.385. The van der Waals surface area contributed by atoms with Crippen LogP contribution in [0.15, 0.2) is 47.7 Å². The Bertz CT molecular complexity index is 611. The molecule has 0 radical (unpaired) electrons. The number of anilines is 1. The second kappa shape index (κ2) is 5.72. The Balaban J connectivity index is 2.20. The van der Waals surface area contributed by atoms with Crippen molar-refractivity contribution in [2.75, 3.05) is 5.43 Å². The predicted molar refractivity (Wildman–Crippen MR) is 73.3 cm³/mol. The van der Waals surface area contributed by atoms with Gasteiger partial charge in [-0.3, -0.25) is 15.5 Å². The fourth-order valence-electron chi connectivity index (χ4n) is 1.58. The second-order valence-electron chi connectivity index (χ2n) is 3.85. The molecule has 6 heteroatoms. The molecule has 2 aromatic rings. The van der Waals surface area contributed by atoms with Gasteiger partial charge >= 0.3 is 0 Å². The smallest absolute Gasteiger partial charge is 0.278 e. The third-order valence-electron chi connectivity index (χ3n) is 2.49. The Hall–Kier alpha value is -2.76. The summed E-state index contributed by atoms with van der Waals surface area (Å²) < 4.78 is 0. The van der Waals surface area contributed by atoms with E-state index in [1.165, 1.54) is 12.4 Å². The maximum Gasteiger partial charge on any atom is 0.299 e. The highest BCUT2D eigenvalue weighted by Crippen LogP contribution is 2.19. The monoisotopic (exact) mass is 256 g/mol. The molecular formula is C13H12N4O2. The number of pyridine rings is 1. The number of aryl methyl sites for hydroxylation is 1. The van der Waals surface area contributed by atoms with Crippen LogP contribution in [0, 0.1) is 17.0 Å². The van der Waals surface area contributed by atoms with E-state index in [-0.39, 0.29) is 11.4 Å². The molecule has 0 unspecified atom stereocenters. The SMILES string of the molecule is Cc1ccnc(C=NNc2ccccc2)c1[N+](=O)[O-]. The van der Waals surface area contributed by atoms with Crippen molar-refractivity contribution in [3.8, 4) is 0 Å². The van der Waals surface area contributed by atoms with Crippen LogP contribution in [0.25, 0.3) is 0 Å². The summed E-state index contributed by atoms with van der Waals surface area (Å²) in [5.41, 5.74) is 4.35. The molecule has 1 heterocycles. The van der Waals surface area contributed by atoms with E-state index in [4.69, 9.17) is 0 Å². The fraction of sp³-hybridized carbons (Fsp3) is 0.0769. The average Bonchev–Trinajstić information content (AvgIpc) is 2.39. The number of nitrogens with zero attached hydrogens (tertiary/aromatic N) is 3. The highest BCUT2D eigenvalue weighted by molar-refractivity contribution is 5.83. The van der Waals surface area contributed by atoms with E-state index >= 15 is 0 Å². The van der Waals surface area contributed by atoms with E-state index < -0.39 is 4.92 Å². The van der Waals surface area contributed by atoms with Crippen molar-refractivity contribution >= 4 is 17.6 Å². The third-order valence-corrected chi connectivity index (χ3v) is 2.49. The molecule has 2 rings (SSSR count). The largest absolute Gasteiger partial charge is 0.299 e. The molecular weight excluding hydrogens is 244 g/mol. The summed E-state index contributed by atoms with van der Waals surface area (Å²) in [6, 6.07) is 10.9. The van der Waals surface area contributed by atoms with E-state index in [0.717, 1.165) is 5.69 Å². The van der Waals surface area contributed by atoms with Crippen molar-refractivity contribution in [1.82, 2.24) is 4.98 Å². The van der Waals surface area contributed by atoms with Crippen LogP contribution >= 0.6 is 0 Å². The minimum absolute atomic E-state index is 0.0267. The van der Waals surface area contributed by atoms with Crippen LogP contribution in [0.3, 0.4) is 0 Å². The van der Waals surface area contributed by atoms with Crippen LogP contribution in [-0.4, -0.2) is 16.1 Å². The van der Waals surface area contributed by atoms with Gasteiger partial charge in [-0.15, -0.1) is 0 Å². The molecule has 0 aliphatic carbocycles. The summed E-state index contributed by atoms with van der Waals surface area (Å²) in [6.45, 7) is 1.67. The lowest BCUT2D eigenvalue weighted by Gasteiger charge is -2.00. The van der Waals surface area contributed by atoms with Crippen LogP contribution in [0.4, 0.5) is 11.4 Å². The van der Waals surface area contributed by atoms with E-state index in [1.54, 1.807) is 13.0 Å². The van der Waals surface area contributed by atoms with Gasteiger partial charge in [0.25, 0.3) is 5.69 Å². The van der Waals surface area contributed by atoms with Gasteiger partial charge in [0.15, 0.2) is 5.69 Å². The van der Waals surface area contributed by atoms with Gasteiger partial charge in [0.1, 0.15) is 0 Å². The first kappa shape index (κ1) is 12.7. The van der Waals surface area contributed by atoms with E-state index in [9.17, 15) is 10.1 Å². The van der Waals surface area contributed by atoms with Crippen LogP contribution in [0.5, 0.6) is 0 Å². The molecule has 0 bridgehead atoms. The minimum Gasteiger partial charge on any atom is -0.278 e. The summed E-state index contributed by atoms with van der Waals surface area (Å²) in [5.74, 6) is 0. The van der Waals surface area contributed by atoms with Crippen molar-refractivity contribution in [2.45, 2.75) is 6.92 Å². The number of nitrogens with one attached hydrogen (secondary N) is 1. The summed E-state index contributed by atoms with van der Waals surface area (Å²) in [7, 11) is 0. The Morgan fingerprint density at radius 3 is 2.74 bits per heavy atom. The number of benzene rings is 1. The van der Waals surface area contributed by atoms with Crippen molar-refractivity contribution in [1.29, 1.82) is 0 Å². The van der Waals surface area contributed by atoms with E-state index in [2.05, 4.69) is 15.5 Å². The molecule has 0 atom stereocenters. The predicted octanol–water partition coefficient (Wildman–Crippen LogP) is 2.74. The molecule has 6 nitrogen and oxygen atoms in total. The van der Waals surface area contributed by atoms with E-state index in [1.807, 2.05) is 30.3 Å². The van der Waals surface area contributed by atoms with Gasteiger partial charge in [0.2, 0.25) is 0 Å². The molecule has 0 saturated heterocycles. The number of aromatic nitrogens is 1. The van der Waals surface area contributed by atoms with Crippen LogP contribution in [-0.2, 0) is 0 Å². The normalized spacial score (nSPS) is 10.6. The minimum atomic E-state index is -0.452. The van der Waals surface area contributed by atoms with Gasteiger partial charge in [-0.25, -0.2) is 4.98 Å². The lowest BCUT2D eigenvalue weighted by atomic mass is 10.2. The number of hydrogen-bond donors (Lipinski definition) is 1. The van der Waals surface area contributed by atoms with Crippen LogP contribution in [0.1, 0.15) is 11.3 Å². The first-order valence-electron chi connectivity index (χ1n) is 5.62. The van der Waals surface area contributed by atoms with Crippen molar-refractivity contribution in [3.05, 3.63) is 64.0 Å². The van der Waals surface area contributed by atoms with Crippen molar-refractivity contribution in [3.63, 3.8) is 0 Å². The van der Waals surface area contributed by atoms with E-state index in [0.29, 0.717) is 5.56 Å². The van der Waals surface area contributed by atoms with Gasteiger partial charge < -0.3 is 0 Å². The molecule has 96 valence electrons. The van der Waals surface area contributed by atoms with Crippen LogP contribution in [0.2, 0.25) is 0 Å². The van der Waals surface area contributed by atoms with Crippen LogP contribution < -0.4 is 5.43 Å². The zero-order chi connectivity index (χ0) is 13.7. The quantitative estimate of drug-likeness (QED) is 0.518. The Morgan fingerprint density at radius 1 is 1.32 bits per heavy atom. The summed E-state index contributed by atoms with van der Waals surface area (Å²) >= 11 is 0. The molecule has 0 aliphatic heterocycles. The number of hydrogen-bond acceptors (Lipinski definition) is 5. The molecule has 1 aromatic carbocycles. The van der Waals surface area contributed by atoms with Gasteiger partial charge in [-0.1, -0.05) is 18.2 Å². The zero-order valence-corrected chi connectivity index (χ0v) is 10.3. The lowest BCUT2D eigenvalue weighted by Crippen LogP contribution is -2.01. The summed E-state index contributed by atoms with van der Waals surface area (Å²) in [4.78, 5) is 14.5. The Kier molecular flexibility index (Phi) is 3.82. The number of rotatable bonds is 4. The maximum absolute atomic E-state index is 11.0. The van der Waals surface area contributed by atoms with Crippen molar-refractivity contribution in [2.24, 2.45) is 5.10 Å². The van der Waals surface area contributed by atoms with Crippen molar-refractivity contribution < 1.29 is 4.92 Å².